The van der Waals surface area contributed by atoms with Gasteiger partial charge in [0.1, 0.15) is 15.7 Å². The van der Waals surface area contributed by atoms with Crippen molar-refractivity contribution in [3.8, 4) is 5.75 Å². The van der Waals surface area contributed by atoms with Crippen LogP contribution in [0.15, 0.2) is 92.6 Å². The second-order valence-corrected chi connectivity index (χ2v) is 10.0. The molecule has 0 aliphatic carbocycles. The van der Waals surface area contributed by atoms with Gasteiger partial charge in [-0.2, -0.15) is 0 Å². The van der Waals surface area contributed by atoms with E-state index in [-0.39, 0.29) is 5.91 Å². The van der Waals surface area contributed by atoms with Gasteiger partial charge in [-0.1, -0.05) is 54.2 Å². The summed E-state index contributed by atoms with van der Waals surface area (Å²) in [6, 6.07) is 24.2. The van der Waals surface area contributed by atoms with Crippen molar-refractivity contribution < 1.29 is 9.53 Å². The third-order valence-electron chi connectivity index (χ3n) is 5.69. The molecule has 2 heterocycles. The molecular formula is C27H25N3O2S2. The molecule has 0 spiro atoms. The van der Waals surface area contributed by atoms with Crippen LogP contribution < -0.4 is 9.64 Å². The van der Waals surface area contributed by atoms with Crippen molar-refractivity contribution in [1.82, 2.24) is 4.90 Å². The second-order valence-electron chi connectivity index (χ2n) is 8.03. The third-order valence-corrected chi connectivity index (χ3v) is 8.07. The van der Waals surface area contributed by atoms with Crippen LogP contribution in [0.25, 0.3) is 0 Å². The zero-order chi connectivity index (χ0) is 23.7. The van der Waals surface area contributed by atoms with E-state index in [1.807, 2.05) is 73.7 Å². The zero-order valence-corrected chi connectivity index (χ0v) is 21.0. The fourth-order valence-corrected chi connectivity index (χ4v) is 6.38. The molecule has 3 aromatic carbocycles. The fourth-order valence-electron chi connectivity index (χ4n) is 4.00. The number of aryl methyl sites for hydroxylation is 1. The number of benzene rings is 3. The number of carbonyl (C=O) groups is 1. The monoisotopic (exact) mass is 487 g/mol. The molecule has 2 aliphatic heterocycles. The summed E-state index contributed by atoms with van der Waals surface area (Å²) in [5.74, 6) is 0.794. The third kappa shape index (κ3) is 4.33. The van der Waals surface area contributed by atoms with Gasteiger partial charge in [0.15, 0.2) is 5.17 Å². The molecule has 2 aliphatic rings. The quantitative estimate of drug-likeness (QED) is 0.381. The molecule has 34 heavy (non-hydrogen) atoms. The van der Waals surface area contributed by atoms with Crippen LogP contribution in [-0.4, -0.2) is 29.6 Å². The van der Waals surface area contributed by atoms with Gasteiger partial charge in [0.2, 0.25) is 0 Å². The van der Waals surface area contributed by atoms with E-state index < -0.39 is 0 Å². The van der Waals surface area contributed by atoms with Crippen LogP contribution in [0.1, 0.15) is 18.1 Å². The summed E-state index contributed by atoms with van der Waals surface area (Å²) in [6.45, 7) is 5.38. The van der Waals surface area contributed by atoms with Crippen molar-refractivity contribution >= 4 is 46.0 Å². The van der Waals surface area contributed by atoms with E-state index in [0.29, 0.717) is 16.6 Å². The number of nitrogens with zero attached hydrogens (tertiary/aromatic N) is 3. The summed E-state index contributed by atoms with van der Waals surface area (Å²) < 4.78 is 5.44. The Kier molecular flexibility index (Phi) is 6.39. The van der Waals surface area contributed by atoms with Crippen LogP contribution in [0.3, 0.4) is 0 Å². The molecule has 5 nitrogen and oxygen atoms in total. The first kappa shape index (κ1) is 22.6. The summed E-state index contributed by atoms with van der Waals surface area (Å²) in [4.78, 5) is 24.5. The number of thioether (sulfide) groups is 2. The highest BCUT2D eigenvalue weighted by Gasteiger charge is 2.39. The van der Waals surface area contributed by atoms with Crippen LogP contribution in [0.2, 0.25) is 0 Å². The Hall–Kier alpha value is -3.16. The van der Waals surface area contributed by atoms with Gasteiger partial charge in [-0.05, 0) is 61.0 Å². The lowest BCUT2D eigenvalue weighted by Gasteiger charge is -2.19. The molecule has 0 bridgehead atoms. The summed E-state index contributed by atoms with van der Waals surface area (Å²) >= 11 is 3.09. The standard InChI is InChI=1S/C27H25N3O2S2/c1-4-29-22-16-21(32-3)13-14-23(22)33-26(29)24-25(31)30(17-19-10-6-5-7-11-19)27(34-24)28-20-12-8-9-18(2)15-20/h5-16H,4,17H2,1-3H3. The SMILES string of the molecule is CCN1C(=C2SC(=Nc3cccc(C)c3)N(Cc3ccccc3)C2=O)Sc2ccc(OC)cc21. The molecule has 0 saturated carbocycles. The second kappa shape index (κ2) is 9.60. The molecule has 0 radical (unpaired) electrons. The number of hydrogen-bond acceptors (Lipinski definition) is 6. The lowest BCUT2D eigenvalue weighted by atomic mass is 10.2. The molecule has 0 unspecified atom stereocenters. The molecular weight excluding hydrogens is 462 g/mol. The van der Waals surface area contributed by atoms with E-state index in [1.54, 1.807) is 23.8 Å². The normalized spacial score (nSPS) is 18.7. The number of methoxy groups -OCH3 is 1. The van der Waals surface area contributed by atoms with E-state index >= 15 is 0 Å². The number of amidine groups is 1. The van der Waals surface area contributed by atoms with Gasteiger partial charge < -0.3 is 9.64 Å². The Morgan fingerprint density at radius 1 is 0.941 bits per heavy atom. The van der Waals surface area contributed by atoms with Crippen LogP contribution in [-0.2, 0) is 11.3 Å². The molecule has 0 atom stereocenters. The Balaban J connectivity index is 1.57. The van der Waals surface area contributed by atoms with Gasteiger partial charge in [0, 0.05) is 17.5 Å². The molecule has 0 N–H and O–H groups in total. The van der Waals surface area contributed by atoms with Gasteiger partial charge in [-0.3, -0.25) is 9.69 Å². The molecule has 172 valence electrons. The number of anilines is 1. The first-order valence-corrected chi connectivity index (χ1v) is 12.8. The maximum atomic E-state index is 13.8. The van der Waals surface area contributed by atoms with Crippen molar-refractivity contribution in [3.05, 3.63) is 93.9 Å². The fraction of sp³-hybridized carbons (Fsp3) is 0.185. The van der Waals surface area contributed by atoms with Gasteiger partial charge in [0.25, 0.3) is 5.91 Å². The number of amides is 1. The average Bonchev–Trinajstić information content (AvgIpc) is 3.36. The summed E-state index contributed by atoms with van der Waals surface area (Å²) in [5, 5.41) is 1.65. The highest BCUT2D eigenvalue weighted by molar-refractivity contribution is 8.19. The summed E-state index contributed by atoms with van der Waals surface area (Å²) in [5.41, 5.74) is 4.12. The van der Waals surface area contributed by atoms with Crippen LogP contribution >= 0.6 is 23.5 Å². The summed E-state index contributed by atoms with van der Waals surface area (Å²) in [6.07, 6.45) is 0. The van der Waals surface area contributed by atoms with Gasteiger partial charge in [0.05, 0.1) is 25.0 Å². The van der Waals surface area contributed by atoms with Crippen molar-refractivity contribution in [2.75, 3.05) is 18.6 Å². The number of carbonyl (C=O) groups excluding carboxylic acids is 1. The Labute approximate surface area is 208 Å². The van der Waals surface area contributed by atoms with E-state index in [2.05, 4.69) is 17.9 Å². The predicted molar refractivity (Wildman–Crippen MR) is 142 cm³/mol. The number of aliphatic imine (C=N–C) groups is 1. The highest BCUT2D eigenvalue weighted by atomic mass is 32.2. The molecule has 0 aromatic heterocycles. The van der Waals surface area contributed by atoms with Gasteiger partial charge >= 0.3 is 0 Å². The lowest BCUT2D eigenvalue weighted by Crippen LogP contribution is -2.29. The Morgan fingerprint density at radius 2 is 1.76 bits per heavy atom. The predicted octanol–water partition coefficient (Wildman–Crippen LogP) is 6.57. The van der Waals surface area contributed by atoms with Crippen molar-refractivity contribution in [1.29, 1.82) is 0 Å². The van der Waals surface area contributed by atoms with Crippen molar-refractivity contribution in [2.45, 2.75) is 25.3 Å². The summed E-state index contributed by atoms with van der Waals surface area (Å²) in [7, 11) is 1.67. The van der Waals surface area contributed by atoms with Crippen LogP contribution in [0, 0.1) is 6.92 Å². The molecule has 5 rings (SSSR count). The lowest BCUT2D eigenvalue weighted by molar-refractivity contribution is -0.122. The van der Waals surface area contributed by atoms with Gasteiger partial charge in [-0.15, -0.1) is 0 Å². The molecule has 1 amide bonds. The maximum absolute atomic E-state index is 13.8. The van der Waals surface area contributed by atoms with E-state index in [0.717, 1.165) is 44.7 Å². The van der Waals surface area contributed by atoms with Crippen molar-refractivity contribution in [2.24, 2.45) is 4.99 Å². The minimum Gasteiger partial charge on any atom is -0.497 e. The van der Waals surface area contributed by atoms with E-state index in [1.165, 1.54) is 11.8 Å². The number of hydrogen-bond donors (Lipinski definition) is 0. The smallest absolute Gasteiger partial charge is 0.269 e. The number of fused-ring (bicyclic) bond motifs is 1. The molecule has 1 saturated heterocycles. The van der Waals surface area contributed by atoms with E-state index in [9.17, 15) is 4.79 Å². The maximum Gasteiger partial charge on any atom is 0.269 e. The van der Waals surface area contributed by atoms with Crippen LogP contribution in [0.4, 0.5) is 11.4 Å². The van der Waals surface area contributed by atoms with Gasteiger partial charge in [-0.25, -0.2) is 4.99 Å². The van der Waals surface area contributed by atoms with Crippen molar-refractivity contribution in [3.63, 3.8) is 0 Å². The van der Waals surface area contributed by atoms with Crippen LogP contribution in [0.5, 0.6) is 5.75 Å². The number of rotatable bonds is 5. The topological polar surface area (TPSA) is 45.1 Å². The Bertz CT molecular complexity index is 1300. The minimum absolute atomic E-state index is 0.0130. The highest BCUT2D eigenvalue weighted by Crippen LogP contribution is 2.51. The van der Waals surface area contributed by atoms with E-state index in [4.69, 9.17) is 9.73 Å². The first-order chi connectivity index (χ1) is 16.6. The molecule has 7 heteroatoms. The largest absolute Gasteiger partial charge is 0.497 e. The first-order valence-electron chi connectivity index (χ1n) is 11.1. The minimum atomic E-state index is -0.0130. The zero-order valence-electron chi connectivity index (χ0n) is 19.3. The molecule has 3 aromatic rings. The average molecular weight is 488 g/mol. The Morgan fingerprint density at radius 3 is 2.50 bits per heavy atom. The molecule has 1 fully saturated rings. The number of ether oxygens (including phenoxy) is 1.